The third kappa shape index (κ3) is 3.96. The summed E-state index contributed by atoms with van der Waals surface area (Å²) in [7, 11) is 0. The number of nitrogens with one attached hydrogen (secondary N) is 1. The van der Waals surface area contributed by atoms with Crippen molar-refractivity contribution in [3.05, 3.63) is 74.9 Å². The molecule has 0 saturated carbocycles. The van der Waals surface area contributed by atoms with E-state index in [2.05, 4.69) is 5.32 Å². The summed E-state index contributed by atoms with van der Waals surface area (Å²) in [5.74, 6) is -0.142. The number of rotatable bonds is 6. The molecule has 1 amide bonds. The average molecular weight is 407 g/mol. The first-order valence-corrected chi connectivity index (χ1v) is 9.87. The van der Waals surface area contributed by atoms with Crippen molar-refractivity contribution in [1.82, 2.24) is 14.5 Å². The first-order valence-electron chi connectivity index (χ1n) is 9.87. The Balaban J connectivity index is 2.23. The Morgan fingerprint density at radius 2 is 1.60 bits per heavy atom. The van der Waals surface area contributed by atoms with Crippen LogP contribution in [0, 0.1) is 5.92 Å². The third-order valence-corrected chi connectivity index (χ3v) is 4.98. The van der Waals surface area contributed by atoms with Crippen LogP contribution >= 0.6 is 0 Å². The van der Waals surface area contributed by atoms with Crippen LogP contribution < -0.4 is 16.6 Å². The fraction of sp³-hybridized carbons (Fsp3) is 0.304. The van der Waals surface area contributed by atoms with E-state index in [9.17, 15) is 19.2 Å². The van der Waals surface area contributed by atoms with Crippen molar-refractivity contribution >= 4 is 22.6 Å². The molecule has 3 rings (SSSR count). The first kappa shape index (κ1) is 21.2. The zero-order valence-corrected chi connectivity index (χ0v) is 17.5. The number of nitrogens with zero attached hydrogens (tertiary/aromatic N) is 2. The van der Waals surface area contributed by atoms with E-state index < -0.39 is 17.3 Å². The smallest absolute Gasteiger partial charge is 0.336 e. The van der Waals surface area contributed by atoms with Crippen LogP contribution in [0.25, 0.3) is 16.6 Å². The Kier molecular flexibility index (Phi) is 6.01. The molecule has 30 heavy (non-hydrogen) atoms. The van der Waals surface area contributed by atoms with Crippen molar-refractivity contribution in [2.45, 2.75) is 33.7 Å². The van der Waals surface area contributed by atoms with Crippen LogP contribution in [-0.2, 0) is 4.79 Å². The van der Waals surface area contributed by atoms with Gasteiger partial charge in [0, 0.05) is 12.1 Å². The maximum Gasteiger partial charge on any atom is 0.336 e. The lowest BCUT2D eigenvalue weighted by Gasteiger charge is -2.20. The van der Waals surface area contributed by atoms with Crippen LogP contribution in [0.2, 0.25) is 0 Å². The van der Waals surface area contributed by atoms with Crippen LogP contribution in [0.3, 0.4) is 0 Å². The van der Waals surface area contributed by atoms with Crippen molar-refractivity contribution in [1.29, 1.82) is 0 Å². The lowest BCUT2D eigenvalue weighted by Crippen LogP contribution is -2.44. The van der Waals surface area contributed by atoms with Gasteiger partial charge in [0.1, 0.15) is 6.04 Å². The van der Waals surface area contributed by atoms with Gasteiger partial charge in [-0.2, -0.15) is 0 Å². The topological polar surface area (TPSA) is 90.2 Å². The molecule has 0 spiro atoms. The number of hydrogen-bond acceptors (Lipinski definition) is 4. The van der Waals surface area contributed by atoms with Crippen molar-refractivity contribution in [2.24, 2.45) is 5.92 Å². The summed E-state index contributed by atoms with van der Waals surface area (Å²) in [6, 6.07) is 12.2. The monoisotopic (exact) mass is 407 g/mol. The second-order valence-corrected chi connectivity index (χ2v) is 7.73. The number of fused-ring (bicyclic) bond motifs is 1. The van der Waals surface area contributed by atoms with E-state index in [1.54, 1.807) is 55.5 Å². The van der Waals surface area contributed by atoms with Gasteiger partial charge in [-0.05, 0) is 56.2 Å². The minimum atomic E-state index is -0.815. The van der Waals surface area contributed by atoms with E-state index in [-0.39, 0.29) is 17.6 Å². The molecule has 0 aliphatic heterocycles. The number of carbonyl (C=O) groups is 2. The van der Waals surface area contributed by atoms with E-state index in [0.717, 1.165) is 4.57 Å². The van der Waals surface area contributed by atoms with Crippen LogP contribution in [0.5, 0.6) is 0 Å². The number of ketones is 1. The van der Waals surface area contributed by atoms with Gasteiger partial charge in [0.15, 0.2) is 5.78 Å². The second kappa shape index (κ2) is 8.49. The number of amides is 1. The molecule has 0 fully saturated rings. The van der Waals surface area contributed by atoms with E-state index in [0.29, 0.717) is 28.7 Å². The van der Waals surface area contributed by atoms with Gasteiger partial charge >= 0.3 is 5.69 Å². The van der Waals surface area contributed by atoms with Crippen molar-refractivity contribution in [3.63, 3.8) is 0 Å². The Morgan fingerprint density at radius 1 is 0.967 bits per heavy atom. The fourth-order valence-corrected chi connectivity index (χ4v) is 3.30. The van der Waals surface area contributed by atoms with Crippen LogP contribution in [0.4, 0.5) is 0 Å². The lowest BCUT2D eigenvalue weighted by molar-refractivity contribution is -0.124. The molecule has 7 nitrogen and oxygen atoms in total. The van der Waals surface area contributed by atoms with Crippen LogP contribution in [0.1, 0.15) is 44.1 Å². The van der Waals surface area contributed by atoms with Crippen molar-refractivity contribution < 1.29 is 9.59 Å². The average Bonchev–Trinajstić information content (AvgIpc) is 2.72. The highest BCUT2D eigenvalue weighted by atomic mass is 16.2. The molecular formula is C23H25N3O4. The number of para-hydroxylation sites is 1. The summed E-state index contributed by atoms with van der Waals surface area (Å²) >= 11 is 0. The van der Waals surface area contributed by atoms with Crippen LogP contribution in [-0.4, -0.2) is 27.4 Å². The number of hydrogen-bond donors (Lipinski definition) is 1. The second-order valence-electron chi connectivity index (χ2n) is 7.73. The summed E-state index contributed by atoms with van der Waals surface area (Å²) in [4.78, 5) is 50.7. The molecule has 0 bridgehead atoms. The SMILES string of the molecule is CC(=O)c1ccc(-n2c(=O)c3ccccc3n([C@H](C)C(=O)NCC(C)C)c2=O)cc1. The zero-order chi connectivity index (χ0) is 22.0. The Hall–Kier alpha value is -3.48. The molecule has 0 aliphatic carbocycles. The summed E-state index contributed by atoms with van der Waals surface area (Å²) in [5.41, 5.74) is 0.133. The van der Waals surface area contributed by atoms with Gasteiger partial charge < -0.3 is 5.32 Å². The number of benzene rings is 2. The molecule has 1 N–H and O–H groups in total. The van der Waals surface area contributed by atoms with Gasteiger partial charge in [0.05, 0.1) is 16.6 Å². The highest BCUT2D eigenvalue weighted by molar-refractivity contribution is 5.94. The highest BCUT2D eigenvalue weighted by Gasteiger charge is 2.22. The molecular weight excluding hydrogens is 382 g/mol. The molecule has 7 heteroatoms. The minimum absolute atomic E-state index is 0.111. The standard InChI is InChI=1S/C23H25N3O4/c1-14(2)13-24-21(28)15(3)25-20-8-6-5-7-19(20)22(29)26(23(25)30)18-11-9-17(10-12-18)16(4)27/h5-12,14-15H,13H2,1-4H3,(H,24,28)/t15-/m1/s1. The van der Waals surface area contributed by atoms with Crippen LogP contribution in [0.15, 0.2) is 58.1 Å². The Labute approximate surface area is 174 Å². The van der Waals surface area contributed by atoms with Gasteiger partial charge in [-0.15, -0.1) is 0 Å². The molecule has 1 heterocycles. The maximum atomic E-state index is 13.4. The van der Waals surface area contributed by atoms with Gasteiger partial charge in [0.2, 0.25) is 5.91 Å². The van der Waals surface area contributed by atoms with Gasteiger partial charge in [0.25, 0.3) is 5.56 Å². The van der Waals surface area contributed by atoms with E-state index >= 15 is 0 Å². The fourth-order valence-electron chi connectivity index (χ4n) is 3.30. The summed E-state index contributed by atoms with van der Waals surface area (Å²) < 4.78 is 2.38. The largest absolute Gasteiger partial charge is 0.354 e. The van der Waals surface area contributed by atoms with Crippen molar-refractivity contribution in [2.75, 3.05) is 6.54 Å². The predicted molar refractivity (Wildman–Crippen MR) is 116 cm³/mol. The molecule has 0 unspecified atom stereocenters. The number of carbonyl (C=O) groups excluding carboxylic acids is 2. The zero-order valence-electron chi connectivity index (χ0n) is 17.5. The van der Waals surface area contributed by atoms with E-state index in [1.807, 2.05) is 13.8 Å². The molecule has 0 aliphatic rings. The van der Waals surface area contributed by atoms with Crippen molar-refractivity contribution in [3.8, 4) is 5.69 Å². The Morgan fingerprint density at radius 3 is 2.20 bits per heavy atom. The van der Waals surface area contributed by atoms with Gasteiger partial charge in [-0.3, -0.25) is 19.0 Å². The number of aromatic nitrogens is 2. The van der Waals surface area contributed by atoms with Gasteiger partial charge in [-0.25, -0.2) is 9.36 Å². The quantitative estimate of drug-likeness (QED) is 0.636. The number of Topliss-reactive ketones (excluding diaryl/α,β-unsaturated/α-hetero) is 1. The minimum Gasteiger partial charge on any atom is -0.354 e. The summed E-state index contributed by atoms with van der Waals surface area (Å²) in [6.07, 6.45) is 0. The Bertz CT molecular complexity index is 1220. The first-order chi connectivity index (χ1) is 14.2. The van der Waals surface area contributed by atoms with E-state index in [1.165, 1.54) is 11.5 Å². The molecule has 0 saturated heterocycles. The normalized spacial score (nSPS) is 12.2. The molecule has 156 valence electrons. The molecule has 1 aromatic heterocycles. The molecule has 3 aromatic rings. The highest BCUT2D eigenvalue weighted by Crippen LogP contribution is 2.15. The van der Waals surface area contributed by atoms with Gasteiger partial charge in [-0.1, -0.05) is 26.0 Å². The molecule has 0 radical (unpaired) electrons. The predicted octanol–water partition coefficient (Wildman–Crippen LogP) is 2.69. The summed E-state index contributed by atoms with van der Waals surface area (Å²) in [5, 5.41) is 3.17. The third-order valence-electron chi connectivity index (χ3n) is 4.98. The summed E-state index contributed by atoms with van der Waals surface area (Å²) in [6.45, 7) is 7.54. The maximum absolute atomic E-state index is 13.4. The molecule has 1 atom stereocenters. The molecule has 2 aromatic carbocycles. The van der Waals surface area contributed by atoms with E-state index in [4.69, 9.17) is 0 Å². The lowest BCUT2D eigenvalue weighted by atomic mass is 10.1.